The first-order valence-electron chi connectivity index (χ1n) is 7.52. The molecule has 2 heteroatoms. The molecule has 1 saturated carbocycles. The van der Waals surface area contributed by atoms with Gasteiger partial charge in [-0.2, -0.15) is 0 Å². The molecule has 1 N–H and O–H groups in total. The molecule has 2 rings (SSSR count). The van der Waals surface area contributed by atoms with Gasteiger partial charge < -0.3 is 10.2 Å². The number of benzene rings is 1. The molecule has 0 radical (unpaired) electrons. The van der Waals surface area contributed by atoms with E-state index < -0.39 is 0 Å². The molecule has 1 aromatic carbocycles. The Morgan fingerprint density at radius 3 is 2.32 bits per heavy atom. The van der Waals surface area contributed by atoms with Gasteiger partial charge in [0.15, 0.2) is 0 Å². The largest absolute Gasteiger partial charge is 0.308 e. The summed E-state index contributed by atoms with van der Waals surface area (Å²) in [5, 5.41) is 3.84. The van der Waals surface area contributed by atoms with Crippen LogP contribution in [0.2, 0.25) is 0 Å². The minimum absolute atomic E-state index is 0.453. The van der Waals surface area contributed by atoms with Gasteiger partial charge in [0.2, 0.25) is 0 Å². The maximum atomic E-state index is 3.84. The van der Waals surface area contributed by atoms with Gasteiger partial charge in [0.05, 0.1) is 0 Å². The van der Waals surface area contributed by atoms with Crippen LogP contribution in [0.4, 0.5) is 0 Å². The van der Waals surface area contributed by atoms with Crippen molar-refractivity contribution in [2.75, 3.05) is 20.6 Å². The molecule has 0 heterocycles. The lowest BCUT2D eigenvalue weighted by molar-refractivity contribution is 0.150. The van der Waals surface area contributed by atoms with Crippen molar-refractivity contribution in [3.8, 4) is 0 Å². The van der Waals surface area contributed by atoms with Crippen molar-refractivity contribution in [3.63, 3.8) is 0 Å². The van der Waals surface area contributed by atoms with Crippen LogP contribution in [0, 0.1) is 11.8 Å². The van der Waals surface area contributed by atoms with E-state index in [1.165, 1.54) is 18.4 Å². The summed E-state index contributed by atoms with van der Waals surface area (Å²) in [5.74, 6) is 1.76. The molecule has 1 aliphatic rings. The number of rotatable bonds is 6. The first kappa shape index (κ1) is 14.5. The molecule has 1 aliphatic carbocycles. The molecule has 0 spiro atoms. The zero-order valence-electron chi connectivity index (χ0n) is 12.8. The average molecular weight is 260 g/mol. The second-order valence-electron chi connectivity index (χ2n) is 6.56. The Balaban J connectivity index is 1.93. The van der Waals surface area contributed by atoms with Gasteiger partial charge in [0, 0.05) is 18.6 Å². The molecule has 19 heavy (non-hydrogen) atoms. The molecule has 0 amide bonds. The second kappa shape index (κ2) is 6.53. The Morgan fingerprint density at radius 1 is 1.16 bits per heavy atom. The van der Waals surface area contributed by atoms with E-state index in [1.807, 2.05) is 0 Å². The van der Waals surface area contributed by atoms with Crippen LogP contribution in [-0.4, -0.2) is 31.6 Å². The number of hydrogen-bond acceptors (Lipinski definition) is 2. The lowest BCUT2D eigenvalue weighted by Gasteiger charge is -2.41. The van der Waals surface area contributed by atoms with Crippen LogP contribution in [0.1, 0.15) is 38.3 Å². The number of hydrogen-bond donors (Lipinski definition) is 1. The van der Waals surface area contributed by atoms with E-state index in [4.69, 9.17) is 0 Å². The standard InChI is InChI=1S/C17H28N2/c1-13(2)15-10-16(11-15)18-17(12-19(3)4)14-8-6-5-7-9-14/h5-9,13,15-18H,10-12H2,1-4H3. The summed E-state index contributed by atoms with van der Waals surface area (Å²) >= 11 is 0. The quantitative estimate of drug-likeness (QED) is 0.844. The highest BCUT2D eigenvalue weighted by atomic mass is 15.1. The van der Waals surface area contributed by atoms with Gasteiger partial charge in [-0.05, 0) is 44.3 Å². The zero-order chi connectivity index (χ0) is 13.8. The van der Waals surface area contributed by atoms with E-state index in [2.05, 4.69) is 68.5 Å². The Labute approximate surface area is 118 Å². The molecule has 1 atom stereocenters. The molecule has 1 aromatic rings. The summed E-state index contributed by atoms with van der Waals surface area (Å²) in [7, 11) is 4.30. The number of likely N-dealkylation sites (N-methyl/N-ethyl adjacent to an activating group) is 1. The van der Waals surface area contributed by atoms with E-state index >= 15 is 0 Å². The average Bonchev–Trinajstić information content (AvgIpc) is 2.31. The van der Waals surface area contributed by atoms with Crippen LogP contribution >= 0.6 is 0 Å². The van der Waals surface area contributed by atoms with Crippen LogP contribution in [0.5, 0.6) is 0 Å². The van der Waals surface area contributed by atoms with Gasteiger partial charge in [-0.1, -0.05) is 44.2 Å². The van der Waals surface area contributed by atoms with Gasteiger partial charge in [0.25, 0.3) is 0 Å². The molecular weight excluding hydrogens is 232 g/mol. The highest BCUT2D eigenvalue weighted by Crippen LogP contribution is 2.34. The molecule has 0 bridgehead atoms. The van der Waals surface area contributed by atoms with Crippen molar-refractivity contribution in [3.05, 3.63) is 35.9 Å². The fourth-order valence-corrected chi connectivity index (χ4v) is 2.93. The third kappa shape index (κ3) is 4.05. The normalized spacial score (nSPS) is 24.5. The van der Waals surface area contributed by atoms with Crippen LogP contribution in [0.15, 0.2) is 30.3 Å². The first-order chi connectivity index (χ1) is 9.06. The molecule has 0 saturated heterocycles. The molecule has 1 unspecified atom stereocenters. The van der Waals surface area contributed by atoms with Crippen molar-refractivity contribution in [1.82, 2.24) is 10.2 Å². The Hall–Kier alpha value is -0.860. The molecule has 2 nitrogen and oxygen atoms in total. The van der Waals surface area contributed by atoms with Gasteiger partial charge in [-0.15, -0.1) is 0 Å². The summed E-state index contributed by atoms with van der Waals surface area (Å²) in [6, 6.07) is 12.0. The van der Waals surface area contributed by atoms with Crippen molar-refractivity contribution in [2.45, 2.75) is 38.8 Å². The molecule has 106 valence electrons. The van der Waals surface area contributed by atoms with Crippen molar-refractivity contribution >= 4 is 0 Å². The van der Waals surface area contributed by atoms with E-state index in [9.17, 15) is 0 Å². The summed E-state index contributed by atoms with van der Waals surface area (Å²) < 4.78 is 0. The SMILES string of the molecule is CC(C)C1CC(NC(CN(C)C)c2ccccc2)C1. The maximum absolute atomic E-state index is 3.84. The first-order valence-corrected chi connectivity index (χ1v) is 7.52. The molecule has 1 fully saturated rings. The number of nitrogens with zero attached hydrogens (tertiary/aromatic N) is 1. The van der Waals surface area contributed by atoms with Gasteiger partial charge in [0.1, 0.15) is 0 Å². The lowest BCUT2D eigenvalue weighted by atomic mass is 9.73. The van der Waals surface area contributed by atoms with Crippen LogP contribution in [-0.2, 0) is 0 Å². The maximum Gasteiger partial charge on any atom is 0.0451 e. The van der Waals surface area contributed by atoms with Gasteiger partial charge in [-0.25, -0.2) is 0 Å². The van der Waals surface area contributed by atoms with E-state index in [1.54, 1.807) is 0 Å². The summed E-state index contributed by atoms with van der Waals surface area (Å²) in [5.41, 5.74) is 1.41. The molecule has 0 aliphatic heterocycles. The summed E-state index contributed by atoms with van der Waals surface area (Å²) in [4.78, 5) is 2.27. The third-order valence-corrected chi connectivity index (χ3v) is 4.30. The third-order valence-electron chi connectivity index (χ3n) is 4.30. The summed E-state index contributed by atoms with van der Waals surface area (Å²) in [6.07, 6.45) is 2.68. The fourth-order valence-electron chi connectivity index (χ4n) is 2.93. The Kier molecular flexibility index (Phi) is 5.00. The monoisotopic (exact) mass is 260 g/mol. The van der Waals surface area contributed by atoms with Crippen LogP contribution in [0.3, 0.4) is 0 Å². The topological polar surface area (TPSA) is 15.3 Å². The van der Waals surface area contributed by atoms with Crippen LogP contribution in [0.25, 0.3) is 0 Å². The van der Waals surface area contributed by atoms with Crippen molar-refractivity contribution in [1.29, 1.82) is 0 Å². The van der Waals surface area contributed by atoms with Crippen LogP contribution < -0.4 is 5.32 Å². The number of nitrogens with one attached hydrogen (secondary N) is 1. The zero-order valence-corrected chi connectivity index (χ0v) is 12.8. The minimum Gasteiger partial charge on any atom is -0.308 e. The Bertz CT molecular complexity index is 366. The van der Waals surface area contributed by atoms with E-state index in [0.29, 0.717) is 12.1 Å². The van der Waals surface area contributed by atoms with Gasteiger partial charge >= 0.3 is 0 Å². The highest BCUT2D eigenvalue weighted by molar-refractivity contribution is 5.19. The Morgan fingerprint density at radius 2 is 1.79 bits per heavy atom. The van der Waals surface area contributed by atoms with E-state index in [0.717, 1.165) is 18.4 Å². The second-order valence-corrected chi connectivity index (χ2v) is 6.56. The highest BCUT2D eigenvalue weighted by Gasteiger charge is 2.32. The molecular formula is C17H28N2. The predicted octanol–water partition coefficient (Wildman–Crippen LogP) is 3.31. The van der Waals surface area contributed by atoms with Crippen molar-refractivity contribution in [2.24, 2.45) is 11.8 Å². The van der Waals surface area contributed by atoms with Gasteiger partial charge in [-0.3, -0.25) is 0 Å². The molecule has 0 aromatic heterocycles. The van der Waals surface area contributed by atoms with Crippen molar-refractivity contribution < 1.29 is 0 Å². The predicted molar refractivity (Wildman–Crippen MR) is 82.2 cm³/mol. The minimum atomic E-state index is 0.453. The van der Waals surface area contributed by atoms with E-state index in [-0.39, 0.29) is 0 Å². The smallest absolute Gasteiger partial charge is 0.0451 e. The fraction of sp³-hybridized carbons (Fsp3) is 0.647. The lowest BCUT2D eigenvalue weighted by Crippen LogP contribution is -2.46. The summed E-state index contributed by atoms with van der Waals surface area (Å²) in [6.45, 7) is 5.75.